The van der Waals surface area contributed by atoms with Gasteiger partial charge in [-0.25, -0.2) is 4.98 Å². The van der Waals surface area contributed by atoms with Gasteiger partial charge < -0.3 is 5.73 Å². The first-order valence-electron chi connectivity index (χ1n) is 8.29. The average Bonchev–Trinajstić information content (AvgIpc) is 3.07. The summed E-state index contributed by atoms with van der Waals surface area (Å²) >= 11 is 1.56. The number of likely N-dealkylation sites (tertiary alicyclic amines) is 1. The van der Waals surface area contributed by atoms with Gasteiger partial charge in [-0.05, 0) is 31.6 Å². The lowest BCUT2D eigenvalue weighted by Crippen LogP contribution is -2.38. The van der Waals surface area contributed by atoms with E-state index in [1.54, 1.807) is 23.2 Å². The zero-order chi connectivity index (χ0) is 15.7. The molecule has 5 nitrogen and oxygen atoms in total. The summed E-state index contributed by atoms with van der Waals surface area (Å²) in [5, 5.41) is 2.90. The van der Waals surface area contributed by atoms with Gasteiger partial charge in [-0.3, -0.25) is 14.6 Å². The molecule has 3 unspecified atom stereocenters. The zero-order valence-corrected chi connectivity index (χ0v) is 15.5. The summed E-state index contributed by atoms with van der Waals surface area (Å²) in [6.45, 7) is 7.38. The van der Waals surface area contributed by atoms with Crippen molar-refractivity contribution < 1.29 is 4.79 Å². The summed E-state index contributed by atoms with van der Waals surface area (Å²) in [7, 11) is 0. The van der Waals surface area contributed by atoms with E-state index in [-0.39, 0.29) is 18.3 Å². The second-order valence-electron chi connectivity index (χ2n) is 6.60. The molecule has 2 N–H and O–H groups in total. The van der Waals surface area contributed by atoms with Gasteiger partial charge in [0.2, 0.25) is 5.91 Å². The van der Waals surface area contributed by atoms with E-state index >= 15 is 0 Å². The van der Waals surface area contributed by atoms with Crippen LogP contribution in [-0.4, -0.2) is 41.5 Å². The zero-order valence-electron chi connectivity index (χ0n) is 13.9. The van der Waals surface area contributed by atoms with Crippen LogP contribution in [0.25, 0.3) is 0 Å². The number of amides is 1. The van der Waals surface area contributed by atoms with Crippen LogP contribution in [0.15, 0.2) is 5.38 Å². The number of carbonyl (C=O) groups excluding carboxylic acids is 1. The smallest absolute Gasteiger partial charge is 0.225 e. The fraction of sp³-hybridized carbons (Fsp3) is 0.750. The number of anilines is 1. The quantitative estimate of drug-likeness (QED) is 0.898. The molecule has 1 amide bonds. The van der Waals surface area contributed by atoms with Crippen LogP contribution in [-0.2, 0) is 11.3 Å². The Morgan fingerprint density at radius 3 is 2.91 bits per heavy atom. The maximum absolute atomic E-state index is 11.6. The van der Waals surface area contributed by atoms with E-state index in [2.05, 4.69) is 15.3 Å². The van der Waals surface area contributed by atoms with Crippen LogP contribution < -0.4 is 10.6 Å². The molecule has 0 aromatic carbocycles. The molecular weight excluding hydrogens is 332 g/mol. The topological polar surface area (TPSA) is 62.5 Å². The summed E-state index contributed by atoms with van der Waals surface area (Å²) in [5.74, 6) is 1.49. The normalized spacial score (nSPS) is 27.3. The second kappa shape index (κ2) is 7.92. The number of carbonyl (C=O) groups is 1. The molecule has 7 heteroatoms. The van der Waals surface area contributed by atoms with Crippen LogP contribution in [0.3, 0.4) is 0 Å². The molecule has 3 atom stereocenters. The number of fused-ring (bicyclic) bond motifs is 1. The van der Waals surface area contributed by atoms with Crippen molar-refractivity contribution in [2.75, 3.05) is 24.5 Å². The van der Waals surface area contributed by atoms with Crippen molar-refractivity contribution in [2.24, 2.45) is 17.6 Å². The van der Waals surface area contributed by atoms with E-state index in [9.17, 15) is 4.79 Å². The number of nitrogens with two attached hydrogens (primary N) is 1. The Hall–Kier alpha value is -0.690. The monoisotopic (exact) mass is 358 g/mol. The van der Waals surface area contributed by atoms with Crippen LogP contribution >= 0.6 is 23.7 Å². The fourth-order valence-electron chi connectivity index (χ4n) is 3.95. The summed E-state index contributed by atoms with van der Waals surface area (Å²) in [6, 6.07) is 0.378. The number of halogens is 1. The van der Waals surface area contributed by atoms with Gasteiger partial charge in [0, 0.05) is 44.5 Å². The van der Waals surface area contributed by atoms with Crippen molar-refractivity contribution in [1.29, 1.82) is 0 Å². The summed E-state index contributed by atoms with van der Waals surface area (Å²) in [6.07, 6.45) is 3.78. The Bertz CT molecular complexity index is 538. The molecule has 130 valence electrons. The molecule has 2 fully saturated rings. The van der Waals surface area contributed by atoms with Gasteiger partial charge in [-0.15, -0.1) is 23.7 Å². The predicted molar refractivity (Wildman–Crippen MR) is 97.1 cm³/mol. The van der Waals surface area contributed by atoms with Gasteiger partial charge in [-0.1, -0.05) is 6.42 Å². The van der Waals surface area contributed by atoms with Gasteiger partial charge in [0.1, 0.15) is 0 Å². The highest BCUT2D eigenvalue weighted by molar-refractivity contribution is 7.14. The Balaban J connectivity index is 0.00000192. The van der Waals surface area contributed by atoms with Crippen LogP contribution in [0.4, 0.5) is 5.13 Å². The van der Waals surface area contributed by atoms with Gasteiger partial charge >= 0.3 is 0 Å². The molecule has 0 radical (unpaired) electrons. The summed E-state index contributed by atoms with van der Waals surface area (Å²) in [5.41, 5.74) is 7.36. The summed E-state index contributed by atoms with van der Waals surface area (Å²) < 4.78 is 0. The molecule has 2 aliphatic rings. The molecule has 0 spiro atoms. The lowest BCUT2D eigenvalue weighted by Gasteiger charge is -2.29. The van der Waals surface area contributed by atoms with E-state index in [0.717, 1.165) is 36.4 Å². The second-order valence-corrected chi connectivity index (χ2v) is 7.43. The minimum absolute atomic E-state index is 0. The number of aromatic nitrogens is 1. The van der Waals surface area contributed by atoms with Crippen LogP contribution in [0.1, 0.15) is 38.8 Å². The van der Waals surface area contributed by atoms with E-state index < -0.39 is 0 Å². The molecule has 1 aliphatic carbocycles. The number of nitrogens with zero attached hydrogens (tertiary/aromatic N) is 3. The Kier molecular flexibility index (Phi) is 6.42. The lowest BCUT2D eigenvalue weighted by molar-refractivity contribution is -0.116. The van der Waals surface area contributed by atoms with Gasteiger partial charge in [0.25, 0.3) is 0 Å². The van der Waals surface area contributed by atoms with Crippen molar-refractivity contribution in [3.05, 3.63) is 11.1 Å². The first-order chi connectivity index (χ1) is 10.6. The fourth-order valence-corrected chi connectivity index (χ4v) is 4.88. The van der Waals surface area contributed by atoms with Crippen molar-refractivity contribution in [3.63, 3.8) is 0 Å². The number of hydrogen-bond acceptors (Lipinski definition) is 5. The molecule has 3 rings (SSSR count). The van der Waals surface area contributed by atoms with E-state index in [4.69, 9.17) is 5.73 Å². The number of hydrogen-bond donors (Lipinski definition) is 1. The molecule has 23 heavy (non-hydrogen) atoms. The third kappa shape index (κ3) is 4.05. The first-order valence-corrected chi connectivity index (χ1v) is 9.17. The average molecular weight is 359 g/mol. The molecular formula is C16H27ClN4OS. The SMILES string of the molecule is CCN(C(C)=O)c1nc(CN2CC3CCCC(N)C3C2)cs1.Cl. The van der Waals surface area contributed by atoms with Crippen molar-refractivity contribution in [3.8, 4) is 0 Å². The minimum Gasteiger partial charge on any atom is -0.327 e. The Morgan fingerprint density at radius 1 is 1.48 bits per heavy atom. The Labute approximate surface area is 148 Å². The van der Waals surface area contributed by atoms with Gasteiger partial charge in [-0.2, -0.15) is 0 Å². The van der Waals surface area contributed by atoms with Crippen molar-refractivity contribution in [2.45, 2.75) is 45.7 Å². The van der Waals surface area contributed by atoms with E-state index in [1.165, 1.54) is 19.3 Å². The van der Waals surface area contributed by atoms with E-state index in [0.29, 0.717) is 18.5 Å². The standard InChI is InChI=1S/C16H26N4OS.ClH/c1-3-20(11(2)21)16-18-13(10-22-16)8-19-7-12-5-4-6-15(17)14(12)9-19;/h10,12,14-15H,3-9,17H2,1-2H3;1H. The molecule has 2 heterocycles. The largest absolute Gasteiger partial charge is 0.327 e. The minimum atomic E-state index is 0. The van der Waals surface area contributed by atoms with E-state index in [1.807, 2.05) is 6.92 Å². The molecule has 1 aromatic rings. The molecule has 1 saturated heterocycles. The highest BCUT2D eigenvalue weighted by Crippen LogP contribution is 2.36. The van der Waals surface area contributed by atoms with Gasteiger partial charge in [0.05, 0.1) is 5.69 Å². The molecule has 1 saturated carbocycles. The molecule has 0 bridgehead atoms. The third-order valence-electron chi connectivity index (χ3n) is 5.08. The third-order valence-corrected chi connectivity index (χ3v) is 5.99. The summed E-state index contributed by atoms with van der Waals surface area (Å²) in [4.78, 5) is 20.5. The first kappa shape index (κ1) is 18.6. The number of thiazole rings is 1. The maximum Gasteiger partial charge on any atom is 0.225 e. The maximum atomic E-state index is 11.6. The number of rotatable bonds is 4. The van der Waals surface area contributed by atoms with Crippen molar-refractivity contribution in [1.82, 2.24) is 9.88 Å². The highest BCUT2D eigenvalue weighted by atomic mass is 35.5. The molecule has 1 aromatic heterocycles. The van der Waals surface area contributed by atoms with Crippen LogP contribution in [0, 0.1) is 11.8 Å². The predicted octanol–water partition coefficient (Wildman–Crippen LogP) is 2.50. The Morgan fingerprint density at radius 2 is 2.26 bits per heavy atom. The van der Waals surface area contributed by atoms with Crippen LogP contribution in [0.5, 0.6) is 0 Å². The van der Waals surface area contributed by atoms with Crippen molar-refractivity contribution >= 4 is 34.8 Å². The highest BCUT2D eigenvalue weighted by Gasteiger charge is 2.38. The lowest BCUT2D eigenvalue weighted by atomic mass is 9.78. The van der Waals surface area contributed by atoms with Gasteiger partial charge in [0.15, 0.2) is 5.13 Å². The van der Waals surface area contributed by atoms with Crippen LogP contribution in [0.2, 0.25) is 0 Å². The molecule has 1 aliphatic heterocycles.